The van der Waals surface area contributed by atoms with E-state index in [1.807, 2.05) is 0 Å². The minimum absolute atomic E-state index is 0.677. The zero-order valence-corrected chi connectivity index (χ0v) is 11.1. The van der Waals surface area contributed by atoms with E-state index in [9.17, 15) is 0 Å². The molecule has 1 aliphatic rings. The number of nitrogens with zero attached hydrogens (tertiary/aromatic N) is 3. The van der Waals surface area contributed by atoms with Crippen molar-refractivity contribution in [3.63, 3.8) is 0 Å². The summed E-state index contributed by atoms with van der Waals surface area (Å²) in [6, 6.07) is 8.54. The van der Waals surface area contributed by atoms with Crippen LogP contribution < -0.4 is 4.90 Å². The Morgan fingerprint density at radius 1 is 1.28 bits per heavy atom. The van der Waals surface area contributed by atoms with Gasteiger partial charge in [-0.15, -0.1) is 0 Å². The minimum Gasteiger partial charge on any atom is -0.384 e. The lowest BCUT2D eigenvalue weighted by Gasteiger charge is -2.11. The Bertz CT molecular complexity index is 516. The van der Waals surface area contributed by atoms with Crippen LogP contribution in [0.3, 0.4) is 0 Å². The molecule has 0 amide bonds. The highest BCUT2D eigenvalue weighted by molar-refractivity contribution is 7.09. The van der Waals surface area contributed by atoms with Crippen molar-refractivity contribution in [2.24, 2.45) is 0 Å². The molecule has 0 spiro atoms. The quantitative estimate of drug-likeness (QED) is 0.846. The third kappa shape index (κ3) is 2.23. The van der Waals surface area contributed by atoms with Crippen LogP contribution >= 0.6 is 11.5 Å². The highest BCUT2D eigenvalue weighted by Gasteiger charge is 2.21. The highest BCUT2D eigenvalue weighted by atomic mass is 32.1. The molecule has 0 aliphatic carbocycles. The van der Waals surface area contributed by atoms with Crippen LogP contribution in [0.4, 0.5) is 5.13 Å². The molecule has 5 heteroatoms. The molecule has 0 unspecified atom stereocenters. The molecule has 18 heavy (non-hydrogen) atoms. The molecule has 1 aromatic carbocycles. The standard InChI is InChI=1S/C13H15N3OS/c1-17-7-6-12-14-13(18-15-12)16-8-10-4-2-3-5-11(10)9-16/h2-5H,6-9H2,1H3. The number of fused-ring (bicyclic) bond motifs is 1. The van der Waals surface area contributed by atoms with Gasteiger partial charge in [0.2, 0.25) is 5.13 Å². The molecule has 4 nitrogen and oxygen atoms in total. The predicted octanol–water partition coefficient (Wildman–Crippen LogP) is 2.25. The molecule has 0 fully saturated rings. The van der Waals surface area contributed by atoms with Gasteiger partial charge in [0.25, 0.3) is 0 Å². The molecule has 2 aromatic rings. The lowest BCUT2D eigenvalue weighted by molar-refractivity contribution is 0.201. The summed E-state index contributed by atoms with van der Waals surface area (Å²) in [7, 11) is 1.70. The highest BCUT2D eigenvalue weighted by Crippen LogP contribution is 2.29. The van der Waals surface area contributed by atoms with Crippen molar-refractivity contribution in [1.29, 1.82) is 0 Å². The SMILES string of the molecule is COCCc1nsc(N2Cc3ccccc3C2)n1. The van der Waals surface area contributed by atoms with Gasteiger partial charge in [-0.25, -0.2) is 4.98 Å². The largest absolute Gasteiger partial charge is 0.384 e. The van der Waals surface area contributed by atoms with Crippen molar-refractivity contribution in [2.45, 2.75) is 19.5 Å². The van der Waals surface area contributed by atoms with Gasteiger partial charge in [0.15, 0.2) is 0 Å². The van der Waals surface area contributed by atoms with Gasteiger partial charge in [-0.3, -0.25) is 0 Å². The average molecular weight is 261 g/mol. The fraction of sp³-hybridized carbons (Fsp3) is 0.385. The molecular weight excluding hydrogens is 246 g/mol. The minimum atomic E-state index is 0.677. The summed E-state index contributed by atoms with van der Waals surface area (Å²) >= 11 is 1.48. The van der Waals surface area contributed by atoms with Crippen LogP contribution in [-0.4, -0.2) is 23.1 Å². The van der Waals surface area contributed by atoms with Gasteiger partial charge in [-0.05, 0) is 11.1 Å². The molecule has 1 aromatic heterocycles. The predicted molar refractivity (Wildman–Crippen MR) is 71.8 cm³/mol. The first-order chi connectivity index (χ1) is 8.86. The van der Waals surface area contributed by atoms with Crippen LogP contribution in [0.1, 0.15) is 17.0 Å². The zero-order chi connectivity index (χ0) is 12.4. The zero-order valence-electron chi connectivity index (χ0n) is 10.3. The molecule has 0 saturated heterocycles. The van der Waals surface area contributed by atoms with Crippen LogP contribution in [0, 0.1) is 0 Å². The molecule has 0 radical (unpaired) electrons. The van der Waals surface area contributed by atoms with Crippen LogP contribution in [-0.2, 0) is 24.2 Å². The van der Waals surface area contributed by atoms with E-state index in [4.69, 9.17) is 4.74 Å². The number of ether oxygens (including phenoxy) is 1. The second-order valence-corrected chi connectivity index (χ2v) is 5.09. The van der Waals surface area contributed by atoms with Gasteiger partial charge < -0.3 is 9.64 Å². The molecule has 2 heterocycles. The monoisotopic (exact) mass is 261 g/mol. The molecule has 0 bridgehead atoms. The number of aromatic nitrogens is 2. The summed E-state index contributed by atoms with van der Waals surface area (Å²) in [5, 5.41) is 1.01. The number of anilines is 1. The molecule has 94 valence electrons. The lowest BCUT2D eigenvalue weighted by atomic mass is 10.1. The van der Waals surface area contributed by atoms with Crippen LogP contribution in [0.15, 0.2) is 24.3 Å². The second-order valence-electron chi connectivity index (χ2n) is 4.36. The van der Waals surface area contributed by atoms with Crippen LogP contribution in [0.2, 0.25) is 0 Å². The van der Waals surface area contributed by atoms with E-state index < -0.39 is 0 Å². The van der Waals surface area contributed by atoms with E-state index in [0.717, 1.165) is 30.5 Å². The molecule has 1 aliphatic heterocycles. The maximum Gasteiger partial charge on any atom is 0.205 e. The molecule has 0 atom stereocenters. The first-order valence-electron chi connectivity index (χ1n) is 6.00. The number of hydrogen-bond donors (Lipinski definition) is 0. The Kier molecular flexibility index (Phi) is 3.25. The van der Waals surface area contributed by atoms with Crippen LogP contribution in [0.5, 0.6) is 0 Å². The second kappa shape index (κ2) is 5.04. The van der Waals surface area contributed by atoms with Gasteiger partial charge in [0.05, 0.1) is 6.61 Å². The van der Waals surface area contributed by atoms with E-state index in [-0.39, 0.29) is 0 Å². The summed E-state index contributed by atoms with van der Waals surface area (Å²) in [6.45, 7) is 2.56. The van der Waals surface area contributed by atoms with Gasteiger partial charge in [0.1, 0.15) is 5.82 Å². The van der Waals surface area contributed by atoms with Crippen molar-refractivity contribution in [1.82, 2.24) is 9.36 Å². The molecule has 0 N–H and O–H groups in total. The van der Waals surface area contributed by atoms with Gasteiger partial charge in [0, 0.05) is 38.2 Å². The van der Waals surface area contributed by atoms with Gasteiger partial charge in [-0.2, -0.15) is 4.37 Å². The molecule has 0 saturated carbocycles. The van der Waals surface area contributed by atoms with Crippen LogP contribution in [0.25, 0.3) is 0 Å². The normalized spacial score (nSPS) is 13.9. The third-order valence-electron chi connectivity index (χ3n) is 3.10. The van der Waals surface area contributed by atoms with Gasteiger partial charge >= 0.3 is 0 Å². The number of methoxy groups -OCH3 is 1. The summed E-state index contributed by atoms with van der Waals surface area (Å²) in [4.78, 5) is 6.84. The van der Waals surface area contributed by atoms with Crippen molar-refractivity contribution in [2.75, 3.05) is 18.6 Å². The maximum absolute atomic E-state index is 5.04. The van der Waals surface area contributed by atoms with E-state index in [2.05, 4.69) is 38.5 Å². The third-order valence-corrected chi connectivity index (χ3v) is 3.91. The number of rotatable bonds is 4. The topological polar surface area (TPSA) is 38.2 Å². The van der Waals surface area contributed by atoms with E-state index in [0.29, 0.717) is 6.61 Å². The van der Waals surface area contributed by atoms with Crippen molar-refractivity contribution >= 4 is 16.7 Å². The maximum atomic E-state index is 5.04. The fourth-order valence-electron chi connectivity index (χ4n) is 2.14. The Morgan fingerprint density at radius 3 is 2.67 bits per heavy atom. The summed E-state index contributed by atoms with van der Waals surface area (Å²) in [5.41, 5.74) is 2.79. The number of benzene rings is 1. The first-order valence-corrected chi connectivity index (χ1v) is 6.77. The van der Waals surface area contributed by atoms with Gasteiger partial charge in [-0.1, -0.05) is 24.3 Å². The fourth-order valence-corrected chi connectivity index (χ4v) is 2.85. The average Bonchev–Trinajstić information content (AvgIpc) is 3.02. The summed E-state index contributed by atoms with van der Waals surface area (Å²) in [6.07, 6.45) is 0.786. The van der Waals surface area contributed by atoms with Crippen molar-refractivity contribution in [3.05, 3.63) is 41.2 Å². The Hall–Kier alpha value is -1.46. The summed E-state index contributed by atoms with van der Waals surface area (Å²) < 4.78 is 9.41. The Morgan fingerprint density at radius 2 is 2.00 bits per heavy atom. The van der Waals surface area contributed by atoms with E-state index >= 15 is 0 Å². The van der Waals surface area contributed by atoms with Crippen molar-refractivity contribution in [3.8, 4) is 0 Å². The Labute approximate surface area is 110 Å². The molecule has 3 rings (SSSR count). The molecular formula is C13H15N3OS. The Balaban J connectivity index is 1.72. The van der Waals surface area contributed by atoms with E-state index in [1.54, 1.807) is 7.11 Å². The summed E-state index contributed by atoms with van der Waals surface area (Å²) in [5.74, 6) is 0.882. The lowest BCUT2D eigenvalue weighted by Crippen LogP contribution is -2.14. The first kappa shape index (κ1) is 11.6. The number of hydrogen-bond acceptors (Lipinski definition) is 5. The van der Waals surface area contributed by atoms with Crippen molar-refractivity contribution < 1.29 is 4.74 Å². The smallest absolute Gasteiger partial charge is 0.205 e. The van der Waals surface area contributed by atoms with E-state index in [1.165, 1.54) is 22.7 Å².